The number of benzene rings is 3. The standard InChI is InChI=1S/C29H28NO.C15H28O2.Ir/c1-29(2,3)17-24-22-11-7-6-10-19(22)15-23-27-26-20(12-13-30-27)14-21(18-8-4-5-9-18)16-25(26)31-28(23)24;1-7-14(5,8-2)12(16)11-13(17)15(6,9-3)10-4;/h6-7,10-14,16,18H,4-5,8-9,17H2,1-3H3;11,16H,7-10H2,1-6H3;/q-1;;/b;12-11-;. The number of allylic oxidation sites excluding steroid dienone is 2. The van der Waals surface area contributed by atoms with Gasteiger partial charge in [-0.1, -0.05) is 116 Å². The summed E-state index contributed by atoms with van der Waals surface area (Å²) in [6.45, 7) is 19.0. The van der Waals surface area contributed by atoms with Crippen molar-refractivity contribution in [3.05, 3.63) is 77.7 Å². The minimum atomic E-state index is -0.337. The Morgan fingerprint density at radius 1 is 0.939 bits per heavy atom. The molecule has 0 saturated heterocycles. The number of carbonyl (C=O) groups excluding carboxylic acids is 1. The summed E-state index contributed by atoms with van der Waals surface area (Å²) in [5, 5.41) is 14.9. The van der Waals surface area contributed by atoms with E-state index in [1.807, 2.05) is 47.7 Å². The maximum atomic E-state index is 12.2. The van der Waals surface area contributed by atoms with Gasteiger partial charge in [0.05, 0.1) is 5.75 Å². The molecule has 0 atom stereocenters. The van der Waals surface area contributed by atoms with E-state index in [2.05, 4.69) is 69.3 Å². The number of carbonyl (C=O) groups is 1. The van der Waals surface area contributed by atoms with Crippen LogP contribution in [0.25, 0.3) is 32.8 Å². The van der Waals surface area contributed by atoms with Crippen molar-refractivity contribution in [1.82, 2.24) is 4.98 Å². The van der Waals surface area contributed by atoms with Crippen LogP contribution in [0.15, 0.2) is 60.5 Å². The second-order valence-electron chi connectivity index (χ2n) is 15.9. The van der Waals surface area contributed by atoms with E-state index >= 15 is 0 Å². The molecule has 0 amide bonds. The first-order valence-corrected chi connectivity index (χ1v) is 18.3. The molecule has 5 heteroatoms. The molecule has 1 aromatic heterocycles. The van der Waals surface area contributed by atoms with Crippen molar-refractivity contribution in [2.75, 3.05) is 0 Å². The molecular formula is C44H56IrNO3-. The van der Waals surface area contributed by atoms with Crippen molar-refractivity contribution in [3.63, 3.8) is 0 Å². The van der Waals surface area contributed by atoms with Crippen molar-refractivity contribution < 1.29 is 34.7 Å². The monoisotopic (exact) mass is 839 g/mol. The van der Waals surface area contributed by atoms with Gasteiger partial charge in [-0.25, -0.2) is 0 Å². The predicted molar refractivity (Wildman–Crippen MR) is 201 cm³/mol. The summed E-state index contributed by atoms with van der Waals surface area (Å²) in [6.07, 6.45) is 12.9. The van der Waals surface area contributed by atoms with Crippen LogP contribution in [0, 0.1) is 22.3 Å². The second-order valence-corrected chi connectivity index (χ2v) is 15.9. The minimum Gasteiger partial charge on any atom is -0.512 e. The minimum absolute atomic E-state index is 0. The second kappa shape index (κ2) is 15.5. The van der Waals surface area contributed by atoms with Crippen LogP contribution in [0.4, 0.5) is 0 Å². The number of aliphatic hydroxyl groups excluding tert-OH is 1. The summed E-state index contributed by atoms with van der Waals surface area (Å²) in [5.74, 6) is 2.85. The summed E-state index contributed by atoms with van der Waals surface area (Å²) in [6, 6.07) is 19.0. The zero-order valence-electron chi connectivity index (χ0n) is 31.2. The Morgan fingerprint density at radius 3 is 2.18 bits per heavy atom. The third-order valence-corrected chi connectivity index (χ3v) is 11.4. The largest absolute Gasteiger partial charge is 0.512 e. The number of nitrogens with zero attached hydrogens (tertiary/aromatic N) is 1. The molecule has 0 bridgehead atoms. The van der Waals surface area contributed by atoms with E-state index in [0.717, 1.165) is 65.6 Å². The fraction of sp³-hybridized carbons (Fsp3) is 0.500. The van der Waals surface area contributed by atoms with Crippen LogP contribution < -0.4 is 4.74 Å². The molecule has 1 radical (unpaired) electrons. The van der Waals surface area contributed by atoms with Gasteiger partial charge in [0, 0.05) is 54.3 Å². The molecule has 0 spiro atoms. The van der Waals surface area contributed by atoms with E-state index in [4.69, 9.17) is 9.72 Å². The van der Waals surface area contributed by atoms with Crippen molar-refractivity contribution in [3.8, 4) is 22.8 Å². The molecule has 1 fully saturated rings. The predicted octanol–water partition coefficient (Wildman–Crippen LogP) is 12.9. The molecule has 0 unspecified atom stereocenters. The quantitative estimate of drug-likeness (QED) is 0.0913. The van der Waals surface area contributed by atoms with Crippen molar-refractivity contribution in [1.29, 1.82) is 0 Å². The first kappa shape index (κ1) is 38.8. The van der Waals surface area contributed by atoms with Crippen molar-refractivity contribution in [2.45, 2.75) is 126 Å². The number of pyridine rings is 1. The van der Waals surface area contributed by atoms with E-state index in [1.54, 1.807) is 0 Å². The van der Waals surface area contributed by atoms with Crippen molar-refractivity contribution in [2.24, 2.45) is 16.2 Å². The third kappa shape index (κ3) is 7.99. The zero-order valence-corrected chi connectivity index (χ0v) is 33.6. The number of fused-ring (bicyclic) bond motifs is 3. The molecule has 1 aliphatic heterocycles. The van der Waals surface area contributed by atoms with Gasteiger partial charge < -0.3 is 9.84 Å². The number of ether oxygens (including phenoxy) is 1. The summed E-state index contributed by atoms with van der Waals surface area (Å²) < 4.78 is 6.76. The fourth-order valence-electron chi connectivity index (χ4n) is 7.16. The summed E-state index contributed by atoms with van der Waals surface area (Å²) >= 11 is 0. The summed E-state index contributed by atoms with van der Waals surface area (Å²) in [4.78, 5) is 17.0. The Labute approximate surface area is 308 Å². The molecule has 2 aliphatic rings. The molecule has 1 N–H and O–H groups in total. The average Bonchev–Trinajstić information content (AvgIpc) is 3.63. The van der Waals surface area contributed by atoms with Gasteiger partial charge in [-0.05, 0) is 79.4 Å². The number of rotatable bonds is 9. The SMILES string of the molecule is CC(C)(C)Cc1c2c([c-]c3ccccc13)-c1nccc3cc(C4CCCC4)cc(c13)O2.CCC(C)(CC)C(=O)/C=C(\O)C(C)(CC)CC.[Ir]. The van der Waals surface area contributed by atoms with Gasteiger partial charge in [-0.3, -0.25) is 9.78 Å². The topological polar surface area (TPSA) is 59.4 Å². The number of aliphatic hydroxyl groups is 1. The maximum absolute atomic E-state index is 12.2. The van der Waals surface area contributed by atoms with E-state index in [0.29, 0.717) is 5.92 Å². The van der Waals surface area contributed by atoms with Gasteiger partial charge in [0.25, 0.3) is 0 Å². The van der Waals surface area contributed by atoms with Gasteiger partial charge in [0.15, 0.2) is 5.78 Å². The number of hydrogen-bond donors (Lipinski definition) is 1. The molecule has 265 valence electrons. The Morgan fingerprint density at radius 2 is 1.57 bits per heavy atom. The zero-order chi connectivity index (χ0) is 34.9. The Hall–Kier alpha value is -3.01. The molecule has 4 aromatic rings. The Bertz CT molecular complexity index is 1820. The molecule has 1 saturated carbocycles. The summed E-state index contributed by atoms with van der Waals surface area (Å²) in [5.41, 5.74) is 4.24. The maximum Gasteiger partial charge on any atom is 0.164 e. The Kier molecular flexibility index (Phi) is 12.3. The average molecular weight is 839 g/mol. The Balaban J connectivity index is 0.000000260. The van der Waals surface area contributed by atoms with Gasteiger partial charge >= 0.3 is 0 Å². The van der Waals surface area contributed by atoms with Crippen LogP contribution in [-0.4, -0.2) is 15.9 Å². The van der Waals surface area contributed by atoms with Gasteiger partial charge in [0.2, 0.25) is 0 Å². The number of ketones is 1. The van der Waals surface area contributed by atoms with Crippen molar-refractivity contribution >= 4 is 27.3 Å². The van der Waals surface area contributed by atoms with Crippen LogP contribution >= 0.6 is 0 Å². The van der Waals surface area contributed by atoms with E-state index in [1.165, 1.54) is 53.7 Å². The van der Waals surface area contributed by atoms with Crippen LogP contribution in [0.3, 0.4) is 0 Å². The number of hydrogen-bond acceptors (Lipinski definition) is 4. The molecule has 6 rings (SSSR count). The molecule has 3 aromatic carbocycles. The molecule has 49 heavy (non-hydrogen) atoms. The molecule has 1 aliphatic carbocycles. The van der Waals surface area contributed by atoms with Crippen LogP contribution in [0.2, 0.25) is 0 Å². The third-order valence-electron chi connectivity index (χ3n) is 11.4. The van der Waals surface area contributed by atoms with Crippen LogP contribution in [0.5, 0.6) is 11.5 Å². The summed E-state index contributed by atoms with van der Waals surface area (Å²) in [7, 11) is 0. The first-order chi connectivity index (χ1) is 22.8. The normalized spacial score (nSPS) is 14.9. The van der Waals surface area contributed by atoms with E-state index in [9.17, 15) is 9.90 Å². The van der Waals surface area contributed by atoms with E-state index in [-0.39, 0.29) is 47.9 Å². The van der Waals surface area contributed by atoms with Gasteiger partial charge in [0.1, 0.15) is 11.5 Å². The molecular weight excluding hydrogens is 783 g/mol. The smallest absolute Gasteiger partial charge is 0.164 e. The van der Waals surface area contributed by atoms with Crippen LogP contribution in [0.1, 0.15) is 131 Å². The number of aromatic nitrogens is 1. The first-order valence-electron chi connectivity index (χ1n) is 18.3. The molecule has 4 nitrogen and oxygen atoms in total. The van der Waals surface area contributed by atoms with Crippen LogP contribution in [-0.2, 0) is 31.3 Å². The van der Waals surface area contributed by atoms with E-state index < -0.39 is 0 Å². The van der Waals surface area contributed by atoms with Gasteiger partial charge in [-0.15, -0.1) is 17.5 Å². The fourth-order valence-corrected chi connectivity index (χ4v) is 7.16. The van der Waals surface area contributed by atoms with Gasteiger partial charge in [-0.2, -0.15) is 0 Å². The molecule has 2 heterocycles.